The van der Waals surface area contributed by atoms with Crippen molar-refractivity contribution in [2.24, 2.45) is 0 Å². The number of aryl methyl sites for hydroxylation is 1. The highest BCUT2D eigenvalue weighted by molar-refractivity contribution is 5.92. The number of carbonyl (C=O) groups excluding carboxylic acids is 1. The van der Waals surface area contributed by atoms with E-state index in [0.29, 0.717) is 11.3 Å². The van der Waals surface area contributed by atoms with E-state index in [9.17, 15) is 4.79 Å². The van der Waals surface area contributed by atoms with Gasteiger partial charge in [-0.1, -0.05) is 72.8 Å². The summed E-state index contributed by atoms with van der Waals surface area (Å²) in [6.45, 7) is 1.90. The summed E-state index contributed by atoms with van der Waals surface area (Å²) in [4.78, 5) is 12.2. The number of carbonyl (C=O) groups is 1. The van der Waals surface area contributed by atoms with E-state index in [1.165, 1.54) is 0 Å². The summed E-state index contributed by atoms with van der Waals surface area (Å²) in [7, 11) is 0. The van der Waals surface area contributed by atoms with Crippen molar-refractivity contribution in [2.45, 2.75) is 6.92 Å². The lowest BCUT2D eigenvalue weighted by molar-refractivity contribution is 0.0734. The van der Waals surface area contributed by atoms with Gasteiger partial charge in [-0.2, -0.15) is 0 Å². The van der Waals surface area contributed by atoms with Gasteiger partial charge in [0.1, 0.15) is 5.75 Å². The lowest BCUT2D eigenvalue weighted by Crippen LogP contribution is -2.09. The molecule has 0 saturated heterocycles. The molecule has 24 heavy (non-hydrogen) atoms. The van der Waals surface area contributed by atoms with E-state index >= 15 is 0 Å². The first-order valence-electron chi connectivity index (χ1n) is 7.83. The van der Waals surface area contributed by atoms with Crippen LogP contribution in [-0.2, 0) is 0 Å². The third-order valence-corrected chi connectivity index (χ3v) is 3.72. The molecule has 0 radical (unpaired) electrons. The standard InChI is InChI=1S/C22H18O2/c1-17-7-5-6-10-21(17)22(23)24-20-15-13-19(14-16-20)12-11-18-8-3-2-4-9-18/h2-16H,1H3/b12-11+. The van der Waals surface area contributed by atoms with Crippen LogP contribution >= 0.6 is 0 Å². The Balaban J connectivity index is 1.68. The normalized spacial score (nSPS) is 10.7. The monoisotopic (exact) mass is 314 g/mol. The number of hydrogen-bond donors (Lipinski definition) is 0. The van der Waals surface area contributed by atoms with Crippen LogP contribution in [0.25, 0.3) is 12.2 Å². The zero-order valence-electron chi connectivity index (χ0n) is 13.5. The molecule has 2 heteroatoms. The molecule has 0 aliphatic carbocycles. The first-order valence-corrected chi connectivity index (χ1v) is 7.83. The Morgan fingerprint density at radius 2 is 1.33 bits per heavy atom. The molecule has 0 unspecified atom stereocenters. The Hall–Kier alpha value is -3.13. The number of hydrogen-bond acceptors (Lipinski definition) is 2. The maximum atomic E-state index is 12.2. The summed E-state index contributed by atoms with van der Waals surface area (Å²) in [6.07, 6.45) is 4.08. The van der Waals surface area contributed by atoms with Gasteiger partial charge in [-0.05, 0) is 41.8 Å². The minimum atomic E-state index is -0.333. The molecule has 0 aromatic heterocycles. The first kappa shape index (κ1) is 15.8. The fourth-order valence-electron chi connectivity index (χ4n) is 2.37. The maximum Gasteiger partial charge on any atom is 0.343 e. The van der Waals surface area contributed by atoms with Crippen molar-refractivity contribution in [3.05, 3.63) is 101 Å². The number of esters is 1. The van der Waals surface area contributed by atoms with Crippen LogP contribution < -0.4 is 4.74 Å². The van der Waals surface area contributed by atoms with Gasteiger partial charge in [0.05, 0.1) is 5.56 Å². The van der Waals surface area contributed by atoms with Crippen LogP contribution in [-0.4, -0.2) is 5.97 Å². The van der Waals surface area contributed by atoms with Crippen LogP contribution in [0.1, 0.15) is 27.0 Å². The van der Waals surface area contributed by atoms with Gasteiger partial charge in [-0.3, -0.25) is 0 Å². The first-order chi connectivity index (χ1) is 11.7. The van der Waals surface area contributed by atoms with E-state index in [0.717, 1.165) is 16.7 Å². The molecule has 3 aromatic carbocycles. The summed E-state index contributed by atoms with van der Waals surface area (Å²) in [6, 6.07) is 25.0. The fraction of sp³-hybridized carbons (Fsp3) is 0.0455. The lowest BCUT2D eigenvalue weighted by atomic mass is 10.1. The van der Waals surface area contributed by atoms with Crippen LogP contribution in [0.5, 0.6) is 5.75 Å². The fourth-order valence-corrected chi connectivity index (χ4v) is 2.37. The van der Waals surface area contributed by atoms with E-state index in [4.69, 9.17) is 4.74 Å². The molecule has 0 aliphatic rings. The Labute approximate surface area is 142 Å². The number of ether oxygens (including phenoxy) is 1. The molecule has 0 bridgehead atoms. The van der Waals surface area contributed by atoms with E-state index < -0.39 is 0 Å². The molecule has 2 nitrogen and oxygen atoms in total. The Kier molecular flexibility index (Phi) is 4.87. The zero-order chi connectivity index (χ0) is 16.8. The van der Waals surface area contributed by atoms with Crippen molar-refractivity contribution in [1.29, 1.82) is 0 Å². The highest BCUT2D eigenvalue weighted by Gasteiger charge is 2.10. The van der Waals surface area contributed by atoms with Crippen molar-refractivity contribution >= 4 is 18.1 Å². The van der Waals surface area contributed by atoms with Crippen molar-refractivity contribution in [2.75, 3.05) is 0 Å². The van der Waals surface area contributed by atoms with E-state index in [1.54, 1.807) is 18.2 Å². The van der Waals surface area contributed by atoms with E-state index in [2.05, 4.69) is 12.1 Å². The topological polar surface area (TPSA) is 26.3 Å². The molecule has 118 valence electrons. The quantitative estimate of drug-likeness (QED) is 0.367. The molecule has 3 rings (SSSR count). The summed E-state index contributed by atoms with van der Waals surface area (Å²) in [5.41, 5.74) is 3.69. The second-order valence-corrected chi connectivity index (χ2v) is 5.52. The minimum absolute atomic E-state index is 0.333. The Morgan fingerprint density at radius 3 is 2.00 bits per heavy atom. The van der Waals surface area contributed by atoms with Crippen molar-refractivity contribution in [3.63, 3.8) is 0 Å². The SMILES string of the molecule is Cc1ccccc1C(=O)Oc1ccc(/C=C/c2ccccc2)cc1. The third-order valence-electron chi connectivity index (χ3n) is 3.72. The van der Waals surface area contributed by atoms with Crippen LogP contribution in [0, 0.1) is 6.92 Å². The van der Waals surface area contributed by atoms with Gasteiger partial charge in [0.2, 0.25) is 0 Å². The van der Waals surface area contributed by atoms with E-state index in [1.807, 2.05) is 67.6 Å². The summed E-state index contributed by atoms with van der Waals surface area (Å²) in [5, 5.41) is 0. The lowest BCUT2D eigenvalue weighted by Gasteiger charge is -2.06. The Bertz CT molecular complexity index is 847. The van der Waals surface area contributed by atoms with Crippen molar-refractivity contribution < 1.29 is 9.53 Å². The minimum Gasteiger partial charge on any atom is -0.423 e. The average Bonchev–Trinajstić information content (AvgIpc) is 2.62. The molecular weight excluding hydrogens is 296 g/mol. The van der Waals surface area contributed by atoms with Crippen molar-refractivity contribution in [1.82, 2.24) is 0 Å². The predicted octanol–water partition coefficient (Wildman–Crippen LogP) is 5.38. The van der Waals surface area contributed by atoms with Crippen molar-refractivity contribution in [3.8, 4) is 5.75 Å². The number of rotatable bonds is 4. The molecule has 0 spiro atoms. The maximum absolute atomic E-state index is 12.2. The zero-order valence-corrected chi connectivity index (χ0v) is 13.5. The second kappa shape index (κ2) is 7.42. The predicted molar refractivity (Wildman–Crippen MR) is 97.9 cm³/mol. The van der Waals surface area contributed by atoms with Gasteiger partial charge >= 0.3 is 5.97 Å². The molecule has 0 atom stereocenters. The number of benzene rings is 3. The van der Waals surface area contributed by atoms with Gasteiger partial charge in [0, 0.05) is 0 Å². The van der Waals surface area contributed by atoms with Gasteiger partial charge < -0.3 is 4.74 Å². The molecular formula is C22H18O2. The second-order valence-electron chi connectivity index (χ2n) is 5.52. The smallest absolute Gasteiger partial charge is 0.343 e. The highest BCUT2D eigenvalue weighted by Crippen LogP contribution is 2.17. The largest absolute Gasteiger partial charge is 0.423 e. The molecule has 0 aliphatic heterocycles. The summed E-state index contributed by atoms with van der Waals surface area (Å²) >= 11 is 0. The molecule has 0 fully saturated rings. The van der Waals surface area contributed by atoms with E-state index in [-0.39, 0.29) is 5.97 Å². The molecule has 3 aromatic rings. The average molecular weight is 314 g/mol. The van der Waals surface area contributed by atoms with Crippen LogP contribution in [0.15, 0.2) is 78.9 Å². The highest BCUT2D eigenvalue weighted by atomic mass is 16.5. The summed E-state index contributed by atoms with van der Waals surface area (Å²) < 4.78 is 5.44. The van der Waals surface area contributed by atoms with Gasteiger partial charge in [0.25, 0.3) is 0 Å². The summed E-state index contributed by atoms with van der Waals surface area (Å²) in [5.74, 6) is 0.209. The Morgan fingerprint density at radius 1 is 0.750 bits per heavy atom. The van der Waals surface area contributed by atoms with Gasteiger partial charge in [-0.15, -0.1) is 0 Å². The van der Waals surface area contributed by atoms with Crippen LogP contribution in [0.2, 0.25) is 0 Å². The molecule has 0 saturated carbocycles. The van der Waals surface area contributed by atoms with Crippen LogP contribution in [0.3, 0.4) is 0 Å². The molecule has 0 N–H and O–H groups in total. The van der Waals surface area contributed by atoms with Gasteiger partial charge in [0.15, 0.2) is 0 Å². The molecule has 0 heterocycles. The van der Waals surface area contributed by atoms with Gasteiger partial charge in [-0.25, -0.2) is 4.79 Å². The third kappa shape index (κ3) is 3.99. The molecule has 0 amide bonds. The van der Waals surface area contributed by atoms with Crippen LogP contribution in [0.4, 0.5) is 0 Å².